The van der Waals surface area contributed by atoms with Gasteiger partial charge < -0.3 is 0 Å². The summed E-state index contributed by atoms with van der Waals surface area (Å²) in [7, 11) is 0. The number of benzene rings is 2. The van der Waals surface area contributed by atoms with Crippen LogP contribution in [0, 0.1) is 23.2 Å². The molecule has 0 aliphatic carbocycles. The molecule has 2 aromatic carbocycles. The van der Waals surface area contributed by atoms with Gasteiger partial charge in [-0.1, -0.05) is 42.2 Å². The second kappa shape index (κ2) is 5.54. The average Bonchev–Trinajstić information content (AvgIpc) is 2.41. The molecule has 0 atom stereocenters. The van der Waals surface area contributed by atoms with Crippen LogP contribution in [0.15, 0.2) is 54.6 Å². The van der Waals surface area contributed by atoms with Gasteiger partial charge in [0.1, 0.15) is 0 Å². The number of hydrogen-bond donors (Lipinski definition) is 0. The van der Waals surface area contributed by atoms with Crippen LogP contribution < -0.4 is 0 Å². The van der Waals surface area contributed by atoms with Gasteiger partial charge in [-0.3, -0.25) is 0 Å². The molecule has 80 valence electrons. The molecule has 1 heteroatoms. The Balaban J connectivity index is 2.03. The fraction of sp³-hybridized carbons (Fsp3) is 0.0625. The highest BCUT2D eigenvalue weighted by molar-refractivity contribution is 5.37. The SMILES string of the molecule is N#Cc1ccc(CC#Cc2ccccc2)cc1. The molecule has 0 N–H and O–H groups in total. The molecule has 0 saturated carbocycles. The van der Waals surface area contributed by atoms with E-state index >= 15 is 0 Å². The van der Waals surface area contributed by atoms with Gasteiger partial charge in [0.2, 0.25) is 0 Å². The van der Waals surface area contributed by atoms with E-state index in [0.29, 0.717) is 12.0 Å². The van der Waals surface area contributed by atoms with Gasteiger partial charge in [0.15, 0.2) is 0 Å². The Morgan fingerprint density at radius 3 is 2.18 bits per heavy atom. The van der Waals surface area contributed by atoms with Crippen molar-refractivity contribution in [2.75, 3.05) is 0 Å². The van der Waals surface area contributed by atoms with Gasteiger partial charge >= 0.3 is 0 Å². The van der Waals surface area contributed by atoms with E-state index in [-0.39, 0.29) is 0 Å². The Hall–Kier alpha value is -2.51. The van der Waals surface area contributed by atoms with Crippen molar-refractivity contribution in [3.05, 3.63) is 71.3 Å². The Kier molecular flexibility index (Phi) is 3.58. The van der Waals surface area contributed by atoms with E-state index in [1.165, 1.54) is 0 Å². The van der Waals surface area contributed by atoms with E-state index < -0.39 is 0 Å². The highest BCUT2D eigenvalue weighted by atomic mass is 14.2. The van der Waals surface area contributed by atoms with Crippen LogP contribution in [-0.2, 0) is 6.42 Å². The van der Waals surface area contributed by atoms with Crippen LogP contribution in [0.4, 0.5) is 0 Å². The Bertz CT molecular complexity index is 577. The number of rotatable bonds is 1. The Morgan fingerprint density at radius 2 is 1.53 bits per heavy atom. The third-order valence-corrected chi connectivity index (χ3v) is 2.38. The van der Waals surface area contributed by atoms with Crippen molar-refractivity contribution in [1.29, 1.82) is 5.26 Å². The van der Waals surface area contributed by atoms with E-state index in [0.717, 1.165) is 11.1 Å². The molecule has 0 radical (unpaired) electrons. The van der Waals surface area contributed by atoms with Crippen molar-refractivity contribution in [2.24, 2.45) is 0 Å². The summed E-state index contributed by atoms with van der Waals surface area (Å²) in [5.74, 6) is 6.23. The second-order valence-electron chi connectivity index (χ2n) is 3.65. The maximum absolute atomic E-state index is 8.68. The standard InChI is InChI=1S/C16H11N/c17-13-16-11-9-15(10-12-16)8-4-7-14-5-2-1-3-6-14/h1-3,5-6,9-12H,8H2. The first-order valence-corrected chi connectivity index (χ1v) is 5.41. The first-order chi connectivity index (χ1) is 8.38. The van der Waals surface area contributed by atoms with Gasteiger partial charge in [0.25, 0.3) is 0 Å². The molecule has 0 saturated heterocycles. The molecule has 2 aromatic rings. The number of nitrogens with zero attached hydrogens (tertiary/aromatic N) is 1. The lowest BCUT2D eigenvalue weighted by Crippen LogP contribution is -1.82. The van der Waals surface area contributed by atoms with Crippen LogP contribution in [0.5, 0.6) is 0 Å². The molecular formula is C16H11N. The number of nitriles is 1. The molecule has 0 bridgehead atoms. The summed E-state index contributed by atoms with van der Waals surface area (Å²) in [4.78, 5) is 0. The topological polar surface area (TPSA) is 23.8 Å². The van der Waals surface area contributed by atoms with Crippen LogP contribution in [-0.4, -0.2) is 0 Å². The average molecular weight is 217 g/mol. The summed E-state index contributed by atoms with van der Waals surface area (Å²) >= 11 is 0. The van der Waals surface area contributed by atoms with Gasteiger partial charge in [-0.05, 0) is 29.8 Å². The second-order valence-corrected chi connectivity index (χ2v) is 3.65. The van der Waals surface area contributed by atoms with Crippen molar-refractivity contribution >= 4 is 0 Å². The summed E-state index contributed by atoms with van der Waals surface area (Å²) in [6, 6.07) is 19.5. The number of hydrogen-bond acceptors (Lipinski definition) is 1. The van der Waals surface area contributed by atoms with E-state index in [9.17, 15) is 0 Å². The lowest BCUT2D eigenvalue weighted by atomic mass is 10.1. The molecule has 0 unspecified atom stereocenters. The van der Waals surface area contributed by atoms with Gasteiger partial charge in [-0.2, -0.15) is 5.26 Å². The van der Waals surface area contributed by atoms with Crippen LogP contribution in [0.25, 0.3) is 0 Å². The third-order valence-electron chi connectivity index (χ3n) is 2.38. The van der Waals surface area contributed by atoms with Crippen molar-refractivity contribution in [2.45, 2.75) is 6.42 Å². The van der Waals surface area contributed by atoms with Gasteiger partial charge in [0, 0.05) is 12.0 Å². The van der Waals surface area contributed by atoms with Crippen LogP contribution in [0.1, 0.15) is 16.7 Å². The summed E-state index contributed by atoms with van der Waals surface area (Å²) in [6.45, 7) is 0. The fourth-order valence-corrected chi connectivity index (χ4v) is 1.47. The predicted octanol–water partition coefficient (Wildman–Crippen LogP) is 3.15. The zero-order chi connectivity index (χ0) is 11.9. The summed E-state index contributed by atoms with van der Waals surface area (Å²) < 4.78 is 0. The normalized spacial score (nSPS) is 8.88. The quantitative estimate of drug-likeness (QED) is 0.673. The minimum absolute atomic E-state index is 0.685. The van der Waals surface area contributed by atoms with Crippen LogP contribution >= 0.6 is 0 Å². The van der Waals surface area contributed by atoms with Gasteiger partial charge in [-0.15, -0.1) is 0 Å². The molecular weight excluding hydrogens is 206 g/mol. The monoisotopic (exact) mass is 217 g/mol. The maximum Gasteiger partial charge on any atom is 0.0991 e. The van der Waals surface area contributed by atoms with Gasteiger partial charge in [0.05, 0.1) is 11.6 Å². The summed E-state index contributed by atoms with van der Waals surface area (Å²) in [6.07, 6.45) is 0.709. The molecule has 0 aliphatic heterocycles. The summed E-state index contributed by atoms with van der Waals surface area (Å²) in [5.41, 5.74) is 2.85. The molecule has 2 rings (SSSR count). The minimum atomic E-state index is 0.685. The largest absolute Gasteiger partial charge is 0.192 e. The first-order valence-electron chi connectivity index (χ1n) is 5.41. The van der Waals surface area contributed by atoms with Gasteiger partial charge in [-0.25, -0.2) is 0 Å². The predicted molar refractivity (Wildman–Crippen MR) is 68.2 cm³/mol. The third kappa shape index (κ3) is 3.23. The molecule has 17 heavy (non-hydrogen) atoms. The highest BCUT2D eigenvalue weighted by Gasteiger charge is 1.91. The lowest BCUT2D eigenvalue weighted by molar-refractivity contribution is 1.31. The van der Waals surface area contributed by atoms with Crippen molar-refractivity contribution in [3.63, 3.8) is 0 Å². The van der Waals surface area contributed by atoms with Crippen molar-refractivity contribution < 1.29 is 0 Å². The molecule has 0 aromatic heterocycles. The minimum Gasteiger partial charge on any atom is -0.192 e. The highest BCUT2D eigenvalue weighted by Crippen LogP contribution is 2.03. The molecule has 0 fully saturated rings. The molecule has 1 nitrogen and oxygen atoms in total. The first kappa shape index (κ1) is 11.0. The summed E-state index contributed by atoms with van der Waals surface area (Å²) in [5, 5.41) is 8.68. The van der Waals surface area contributed by atoms with Crippen molar-refractivity contribution in [3.8, 4) is 17.9 Å². The maximum atomic E-state index is 8.68. The Labute approximate surface area is 101 Å². The molecule has 0 aliphatic rings. The zero-order valence-corrected chi connectivity index (χ0v) is 9.35. The lowest BCUT2D eigenvalue weighted by Gasteiger charge is -1.94. The van der Waals surface area contributed by atoms with Crippen molar-refractivity contribution in [1.82, 2.24) is 0 Å². The molecule has 0 spiro atoms. The smallest absolute Gasteiger partial charge is 0.0991 e. The molecule has 0 heterocycles. The van der Waals surface area contributed by atoms with E-state index in [1.807, 2.05) is 54.6 Å². The van der Waals surface area contributed by atoms with Crippen LogP contribution in [0.2, 0.25) is 0 Å². The van der Waals surface area contributed by atoms with E-state index in [1.54, 1.807) is 0 Å². The van der Waals surface area contributed by atoms with Crippen LogP contribution in [0.3, 0.4) is 0 Å². The zero-order valence-electron chi connectivity index (χ0n) is 9.35. The van der Waals surface area contributed by atoms with E-state index in [2.05, 4.69) is 17.9 Å². The molecule has 0 amide bonds. The fourth-order valence-electron chi connectivity index (χ4n) is 1.47. The Morgan fingerprint density at radius 1 is 0.824 bits per heavy atom. The van der Waals surface area contributed by atoms with E-state index in [4.69, 9.17) is 5.26 Å².